The van der Waals surface area contributed by atoms with Crippen LogP contribution in [0.15, 0.2) is 104 Å². The molecule has 2 heteroatoms. The summed E-state index contributed by atoms with van der Waals surface area (Å²) in [6.45, 7) is 30.7. The fourth-order valence-corrected chi connectivity index (χ4v) is 6.00. The van der Waals surface area contributed by atoms with Gasteiger partial charge in [0.15, 0.2) is 0 Å². The third kappa shape index (κ3) is 7.44. The molecule has 0 atom stereocenters. The van der Waals surface area contributed by atoms with Crippen molar-refractivity contribution in [2.24, 2.45) is 0 Å². The molecule has 4 aromatic rings. The number of anilines is 4. The van der Waals surface area contributed by atoms with Gasteiger partial charge in [0, 0.05) is 22.6 Å². The van der Waals surface area contributed by atoms with E-state index in [9.17, 15) is 0 Å². The lowest BCUT2D eigenvalue weighted by Crippen LogP contribution is -2.36. The van der Waals surface area contributed by atoms with Gasteiger partial charge in [0.1, 0.15) is 0 Å². The molecule has 0 aliphatic carbocycles. The molecule has 4 aromatic carbocycles. The number of nitrogens with one attached hydrogen (secondary N) is 1. The minimum absolute atomic E-state index is 0.00591. The Bertz CT molecular complexity index is 1620. The molecule has 0 amide bonds. The summed E-state index contributed by atoms with van der Waals surface area (Å²) in [5.74, 6) is 0. The summed E-state index contributed by atoms with van der Waals surface area (Å²) >= 11 is 0. The number of hydrogen-bond donors (Lipinski definition) is 1. The Morgan fingerprint density at radius 3 is 1.44 bits per heavy atom. The minimum atomic E-state index is -0.303. The molecule has 0 saturated heterocycles. The highest BCUT2D eigenvalue weighted by Crippen LogP contribution is 2.46. The van der Waals surface area contributed by atoms with E-state index >= 15 is 0 Å². The molecule has 0 spiro atoms. The van der Waals surface area contributed by atoms with Crippen LogP contribution in [0.5, 0.6) is 0 Å². The van der Waals surface area contributed by atoms with Gasteiger partial charge < -0.3 is 10.2 Å². The van der Waals surface area contributed by atoms with E-state index < -0.39 is 0 Å². The van der Waals surface area contributed by atoms with Gasteiger partial charge in [-0.3, -0.25) is 0 Å². The summed E-state index contributed by atoms with van der Waals surface area (Å²) < 4.78 is 0. The van der Waals surface area contributed by atoms with Gasteiger partial charge in [0.05, 0.1) is 11.2 Å². The van der Waals surface area contributed by atoms with Crippen molar-refractivity contribution >= 4 is 33.9 Å². The van der Waals surface area contributed by atoms with Crippen LogP contribution in [0.3, 0.4) is 0 Å². The predicted molar refractivity (Wildman–Crippen MR) is 200 cm³/mol. The van der Waals surface area contributed by atoms with Crippen LogP contribution in [-0.2, 0) is 16.4 Å². The zero-order valence-corrected chi connectivity index (χ0v) is 29.4. The Hall–Kier alpha value is -4.04. The van der Waals surface area contributed by atoms with Gasteiger partial charge in [0.2, 0.25) is 0 Å². The van der Waals surface area contributed by atoms with E-state index in [4.69, 9.17) is 0 Å². The Kier molecular flexibility index (Phi) is 9.88. The molecule has 2 nitrogen and oxygen atoms in total. The Morgan fingerprint density at radius 1 is 0.600 bits per heavy atom. The van der Waals surface area contributed by atoms with Crippen LogP contribution in [0.2, 0.25) is 0 Å². The molecule has 0 unspecified atom stereocenters. The second kappa shape index (κ2) is 13.1. The number of hydrogen-bond acceptors (Lipinski definition) is 2. The Labute approximate surface area is 273 Å². The van der Waals surface area contributed by atoms with Gasteiger partial charge in [-0.15, -0.1) is 0 Å². The average molecular weight is 599 g/mol. The van der Waals surface area contributed by atoms with Gasteiger partial charge in [-0.05, 0) is 102 Å². The zero-order chi connectivity index (χ0) is 33.2. The summed E-state index contributed by atoms with van der Waals surface area (Å²) in [4.78, 5) is 2.43. The number of allylic oxidation sites excluding steroid dienone is 2. The van der Waals surface area contributed by atoms with Crippen molar-refractivity contribution in [2.75, 3.05) is 10.2 Å². The van der Waals surface area contributed by atoms with Crippen molar-refractivity contribution in [3.8, 4) is 0 Å². The van der Waals surface area contributed by atoms with Crippen LogP contribution in [0.4, 0.5) is 22.7 Å². The van der Waals surface area contributed by atoms with E-state index in [1.807, 2.05) is 0 Å². The van der Waals surface area contributed by atoms with Crippen LogP contribution in [0, 0.1) is 0 Å². The first-order valence-electron chi connectivity index (χ1n) is 16.5. The third-order valence-electron chi connectivity index (χ3n) is 9.20. The normalized spacial score (nSPS) is 12.1. The minimum Gasteiger partial charge on any atom is -0.375 e. The molecule has 0 radical (unpaired) electrons. The summed E-state index contributed by atoms with van der Waals surface area (Å²) in [7, 11) is 0. The van der Waals surface area contributed by atoms with Crippen molar-refractivity contribution in [1.82, 2.24) is 0 Å². The second-order valence-electron chi connectivity index (χ2n) is 14.7. The smallest absolute Gasteiger partial charge is 0.0640 e. The molecule has 0 aliphatic rings. The van der Waals surface area contributed by atoms with Gasteiger partial charge in [-0.25, -0.2) is 0 Å². The molecule has 0 saturated carbocycles. The number of nitrogens with zero attached hydrogens (tertiary/aromatic N) is 1. The second-order valence-corrected chi connectivity index (χ2v) is 14.7. The molecule has 1 N–H and O–H groups in total. The highest BCUT2D eigenvalue weighted by Gasteiger charge is 2.34. The molecule has 236 valence electrons. The lowest BCUT2D eigenvalue weighted by Gasteiger charge is -2.40. The lowest BCUT2D eigenvalue weighted by molar-refractivity contribution is 0.453. The van der Waals surface area contributed by atoms with Crippen molar-refractivity contribution in [3.05, 3.63) is 132 Å². The predicted octanol–water partition coefficient (Wildman–Crippen LogP) is 12.9. The molecule has 4 rings (SSSR count). The van der Waals surface area contributed by atoms with E-state index in [-0.39, 0.29) is 16.4 Å². The van der Waals surface area contributed by atoms with Crippen LogP contribution >= 0.6 is 0 Å². The maximum absolute atomic E-state index is 4.18. The highest BCUT2D eigenvalue weighted by atomic mass is 15.2. The Balaban J connectivity index is 1.99. The number of benzene rings is 4. The zero-order valence-electron chi connectivity index (χ0n) is 29.4. The van der Waals surface area contributed by atoms with Crippen molar-refractivity contribution in [2.45, 2.75) is 98.4 Å². The van der Waals surface area contributed by atoms with Crippen molar-refractivity contribution in [3.63, 3.8) is 0 Å². The van der Waals surface area contributed by atoms with Crippen molar-refractivity contribution < 1.29 is 0 Å². The van der Waals surface area contributed by atoms with Crippen LogP contribution in [0.1, 0.15) is 110 Å². The molecule has 0 aliphatic heterocycles. The molecule has 0 bridgehead atoms. The average Bonchev–Trinajstić information content (AvgIpc) is 3.00. The first-order chi connectivity index (χ1) is 21.1. The first kappa shape index (κ1) is 33.8. The number of rotatable bonds is 10. The third-order valence-corrected chi connectivity index (χ3v) is 9.20. The quantitative estimate of drug-likeness (QED) is 0.195. The van der Waals surface area contributed by atoms with E-state index in [1.165, 1.54) is 22.4 Å². The monoisotopic (exact) mass is 598 g/mol. The molecular formula is C43H54N2. The van der Waals surface area contributed by atoms with Crippen molar-refractivity contribution in [1.29, 1.82) is 0 Å². The molecule has 0 heterocycles. The van der Waals surface area contributed by atoms with Gasteiger partial charge >= 0.3 is 0 Å². The fraction of sp³-hybridized carbons (Fsp3) is 0.349. The SMILES string of the molecule is C=C(C)c1ccc(NC(CC)(CC)c2cc(C(C)(C)C)ccc2N(c2ccc(C(=C)C)cc2)c2ccc(C(C)(C)C)cc2)cc1. The summed E-state index contributed by atoms with van der Waals surface area (Å²) in [6, 6.07) is 33.8. The summed E-state index contributed by atoms with van der Waals surface area (Å²) in [5, 5.41) is 4.04. The van der Waals surface area contributed by atoms with E-state index in [0.29, 0.717) is 0 Å². The maximum Gasteiger partial charge on any atom is 0.0640 e. The van der Waals surface area contributed by atoms with E-state index in [0.717, 1.165) is 52.2 Å². The summed E-state index contributed by atoms with van der Waals surface area (Å²) in [5.41, 5.74) is 12.8. The maximum atomic E-state index is 4.18. The van der Waals surface area contributed by atoms with Crippen LogP contribution < -0.4 is 10.2 Å². The molecule has 0 aromatic heterocycles. The fourth-order valence-electron chi connectivity index (χ4n) is 6.00. The topological polar surface area (TPSA) is 15.3 Å². The standard InChI is InChI=1S/C43H54N2/c1-13-43(14-2,44-36-22-15-32(16-23-36)30(3)4)39-29-35(42(10,11)12)21-28-40(39)45(37-24-17-33(18-25-37)31(5)6)38-26-19-34(20-27-38)41(7,8)9/h15-29,44H,3,5,13-14H2,1-2,4,6-12H3. The molecule has 45 heavy (non-hydrogen) atoms. The molecular weight excluding hydrogens is 544 g/mol. The highest BCUT2D eigenvalue weighted by molar-refractivity contribution is 5.81. The van der Waals surface area contributed by atoms with E-state index in [2.05, 4.69) is 184 Å². The van der Waals surface area contributed by atoms with Gasteiger partial charge in [-0.2, -0.15) is 0 Å². The largest absolute Gasteiger partial charge is 0.375 e. The van der Waals surface area contributed by atoms with Crippen LogP contribution in [-0.4, -0.2) is 0 Å². The van der Waals surface area contributed by atoms with Gasteiger partial charge in [0.25, 0.3) is 0 Å². The lowest BCUT2D eigenvalue weighted by atomic mass is 9.78. The summed E-state index contributed by atoms with van der Waals surface area (Å²) in [6.07, 6.45) is 1.86. The molecule has 0 fully saturated rings. The first-order valence-corrected chi connectivity index (χ1v) is 16.5. The van der Waals surface area contributed by atoms with Gasteiger partial charge in [-0.1, -0.05) is 128 Å². The van der Waals surface area contributed by atoms with E-state index in [1.54, 1.807) is 0 Å². The van der Waals surface area contributed by atoms with Crippen LogP contribution in [0.25, 0.3) is 11.1 Å². The Morgan fingerprint density at radius 2 is 1.02 bits per heavy atom.